The Morgan fingerprint density at radius 2 is 1.67 bits per heavy atom. The molecule has 1 aromatic heterocycles. The number of aromatic nitrogens is 1. The Hall–Kier alpha value is -2.66. The van der Waals surface area contributed by atoms with Crippen molar-refractivity contribution < 1.29 is 0 Å². The maximum Gasteiger partial charge on any atom is 0.0991 e. The first-order valence-corrected chi connectivity index (χ1v) is 5.72. The van der Waals surface area contributed by atoms with Crippen LogP contribution in [0.1, 0.15) is 5.56 Å². The van der Waals surface area contributed by atoms with Crippen LogP contribution >= 0.6 is 0 Å². The second-order valence-corrected chi connectivity index (χ2v) is 4.10. The highest BCUT2D eigenvalue weighted by Crippen LogP contribution is 2.23. The molecule has 18 heavy (non-hydrogen) atoms. The number of nitrogens with zero attached hydrogens (tertiary/aromatic N) is 2. The SMILES string of the molecule is N#Cc1ccc(-c2ccc3ncccc3c2)cc1. The van der Waals surface area contributed by atoms with Gasteiger partial charge in [-0.1, -0.05) is 24.3 Å². The molecule has 0 radical (unpaired) electrons. The minimum Gasteiger partial charge on any atom is -0.256 e. The lowest BCUT2D eigenvalue weighted by atomic mass is 10.0. The number of fused-ring (bicyclic) bond motifs is 1. The molecule has 3 rings (SSSR count). The van der Waals surface area contributed by atoms with E-state index in [0.29, 0.717) is 5.56 Å². The van der Waals surface area contributed by atoms with E-state index in [1.54, 1.807) is 6.20 Å². The van der Waals surface area contributed by atoms with Crippen LogP contribution in [0.25, 0.3) is 22.0 Å². The maximum absolute atomic E-state index is 8.78. The van der Waals surface area contributed by atoms with E-state index < -0.39 is 0 Å². The molecular weight excluding hydrogens is 220 g/mol. The van der Waals surface area contributed by atoms with E-state index in [-0.39, 0.29) is 0 Å². The molecule has 0 atom stereocenters. The van der Waals surface area contributed by atoms with Crippen LogP contribution in [0.15, 0.2) is 60.8 Å². The molecular formula is C16H10N2. The summed E-state index contributed by atoms with van der Waals surface area (Å²) in [6.07, 6.45) is 1.80. The third-order valence-electron chi connectivity index (χ3n) is 2.95. The van der Waals surface area contributed by atoms with Crippen molar-refractivity contribution in [2.75, 3.05) is 0 Å². The van der Waals surface area contributed by atoms with Crippen LogP contribution in [0.3, 0.4) is 0 Å². The first-order valence-electron chi connectivity index (χ1n) is 5.72. The largest absolute Gasteiger partial charge is 0.256 e. The van der Waals surface area contributed by atoms with Crippen molar-refractivity contribution in [3.63, 3.8) is 0 Å². The van der Waals surface area contributed by atoms with Crippen LogP contribution in [0.2, 0.25) is 0 Å². The average molecular weight is 230 g/mol. The van der Waals surface area contributed by atoms with Crippen LogP contribution in [0.4, 0.5) is 0 Å². The van der Waals surface area contributed by atoms with E-state index in [1.807, 2.05) is 36.4 Å². The van der Waals surface area contributed by atoms with E-state index in [4.69, 9.17) is 5.26 Å². The zero-order valence-corrected chi connectivity index (χ0v) is 9.67. The number of rotatable bonds is 1. The third kappa shape index (κ3) is 1.83. The molecule has 0 aliphatic rings. The van der Waals surface area contributed by atoms with Gasteiger partial charge in [-0.15, -0.1) is 0 Å². The predicted octanol–water partition coefficient (Wildman–Crippen LogP) is 3.77. The monoisotopic (exact) mass is 230 g/mol. The molecule has 0 bridgehead atoms. The lowest BCUT2D eigenvalue weighted by Gasteiger charge is -2.03. The van der Waals surface area contributed by atoms with Gasteiger partial charge >= 0.3 is 0 Å². The molecule has 0 amide bonds. The van der Waals surface area contributed by atoms with Gasteiger partial charge in [0, 0.05) is 11.6 Å². The van der Waals surface area contributed by atoms with Crippen LogP contribution < -0.4 is 0 Å². The molecule has 0 saturated heterocycles. The molecule has 1 heterocycles. The highest BCUT2D eigenvalue weighted by molar-refractivity contribution is 5.84. The standard InChI is InChI=1S/C16H10N2/c17-11-12-3-5-13(6-4-12)14-7-8-16-15(10-14)2-1-9-18-16/h1-10H. The second kappa shape index (κ2) is 4.31. The van der Waals surface area contributed by atoms with Gasteiger partial charge < -0.3 is 0 Å². The van der Waals surface area contributed by atoms with Crippen LogP contribution in [0.5, 0.6) is 0 Å². The molecule has 0 spiro atoms. The lowest BCUT2D eigenvalue weighted by molar-refractivity contribution is 1.41. The quantitative estimate of drug-likeness (QED) is 0.638. The molecule has 2 aromatic carbocycles. The molecule has 0 N–H and O–H groups in total. The Kier molecular flexibility index (Phi) is 2.51. The minimum absolute atomic E-state index is 0.682. The molecule has 84 valence electrons. The van der Waals surface area contributed by atoms with E-state index in [1.165, 1.54) is 0 Å². The van der Waals surface area contributed by atoms with Crippen molar-refractivity contribution in [1.82, 2.24) is 4.98 Å². The number of nitriles is 1. The molecule has 2 nitrogen and oxygen atoms in total. The van der Waals surface area contributed by atoms with Gasteiger partial charge in [-0.25, -0.2) is 0 Å². The topological polar surface area (TPSA) is 36.7 Å². The zero-order valence-electron chi connectivity index (χ0n) is 9.67. The van der Waals surface area contributed by atoms with Crippen LogP contribution in [-0.4, -0.2) is 4.98 Å². The fraction of sp³-hybridized carbons (Fsp3) is 0. The first kappa shape index (κ1) is 10.5. The first-order chi connectivity index (χ1) is 8.86. The smallest absolute Gasteiger partial charge is 0.0991 e. The van der Waals surface area contributed by atoms with Gasteiger partial charge in [0.15, 0.2) is 0 Å². The highest BCUT2D eigenvalue weighted by atomic mass is 14.6. The molecule has 0 aliphatic carbocycles. The maximum atomic E-state index is 8.78. The fourth-order valence-corrected chi connectivity index (χ4v) is 1.99. The van der Waals surface area contributed by atoms with Crippen molar-refractivity contribution >= 4 is 10.9 Å². The van der Waals surface area contributed by atoms with Crippen LogP contribution in [0, 0.1) is 11.3 Å². The summed E-state index contributed by atoms with van der Waals surface area (Å²) in [7, 11) is 0. The van der Waals surface area contributed by atoms with E-state index >= 15 is 0 Å². The average Bonchev–Trinajstić information content (AvgIpc) is 2.47. The van der Waals surface area contributed by atoms with Gasteiger partial charge in [-0.05, 0) is 41.5 Å². The Morgan fingerprint density at radius 1 is 0.889 bits per heavy atom. The van der Waals surface area contributed by atoms with Crippen molar-refractivity contribution in [3.8, 4) is 17.2 Å². The second-order valence-electron chi connectivity index (χ2n) is 4.10. The van der Waals surface area contributed by atoms with E-state index in [9.17, 15) is 0 Å². The highest BCUT2D eigenvalue weighted by Gasteiger charge is 2.00. The molecule has 2 heteroatoms. The van der Waals surface area contributed by atoms with Crippen molar-refractivity contribution in [3.05, 3.63) is 66.4 Å². The molecule has 0 unspecified atom stereocenters. The zero-order chi connectivity index (χ0) is 12.4. The summed E-state index contributed by atoms with van der Waals surface area (Å²) in [6.45, 7) is 0. The number of hydrogen-bond acceptors (Lipinski definition) is 2. The van der Waals surface area contributed by atoms with Crippen molar-refractivity contribution in [2.45, 2.75) is 0 Å². The van der Waals surface area contributed by atoms with Gasteiger partial charge in [0.2, 0.25) is 0 Å². The Morgan fingerprint density at radius 3 is 2.44 bits per heavy atom. The number of hydrogen-bond donors (Lipinski definition) is 0. The van der Waals surface area contributed by atoms with Crippen molar-refractivity contribution in [2.24, 2.45) is 0 Å². The lowest BCUT2D eigenvalue weighted by Crippen LogP contribution is -1.81. The Bertz CT molecular complexity index is 737. The minimum atomic E-state index is 0.682. The molecule has 0 aliphatic heterocycles. The summed E-state index contributed by atoms with van der Waals surface area (Å²) < 4.78 is 0. The summed E-state index contributed by atoms with van der Waals surface area (Å²) in [6, 6.07) is 19.9. The summed E-state index contributed by atoms with van der Waals surface area (Å²) in [5, 5.41) is 9.91. The number of benzene rings is 2. The summed E-state index contributed by atoms with van der Waals surface area (Å²) in [5.74, 6) is 0. The summed E-state index contributed by atoms with van der Waals surface area (Å²) in [4.78, 5) is 4.30. The Labute approximate surface area is 105 Å². The van der Waals surface area contributed by atoms with Crippen molar-refractivity contribution in [1.29, 1.82) is 5.26 Å². The van der Waals surface area contributed by atoms with Crippen LogP contribution in [-0.2, 0) is 0 Å². The Balaban J connectivity index is 2.10. The third-order valence-corrected chi connectivity index (χ3v) is 2.95. The van der Waals surface area contributed by atoms with Gasteiger partial charge in [-0.2, -0.15) is 5.26 Å². The van der Waals surface area contributed by atoms with Gasteiger partial charge in [0.1, 0.15) is 0 Å². The van der Waals surface area contributed by atoms with E-state index in [2.05, 4.69) is 29.3 Å². The van der Waals surface area contributed by atoms with Gasteiger partial charge in [0.25, 0.3) is 0 Å². The molecule has 3 aromatic rings. The normalized spacial score (nSPS) is 10.2. The molecule has 0 fully saturated rings. The van der Waals surface area contributed by atoms with Gasteiger partial charge in [-0.3, -0.25) is 4.98 Å². The van der Waals surface area contributed by atoms with E-state index in [0.717, 1.165) is 22.0 Å². The predicted molar refractivity (Wildman–Crippen MR) is 71.9 cm³/mol. The van der Waals surface area contributed by atoms with Gasteiger partial charge in [0.05, 0.1) is 17.1 Å². The number of pyridine rings is 1. The fourth-order valence-electron chi connectivity index (χ4n) is 1.99. The summed E-state index contributed by atoms with van der Waals surface area (Å²) in [5.41, 5.74) is 3.93. The molecule has 0 saturated carbocycles. The summed E-state index contributed by atoms with van der Waals surface area (Å²) >= 11 is 0.